The molecule has 1 saturated heterocycles. The molecule has 0 radical (unpaired) electrons. The first kappa shape index (κ1) is 11.8. The molecule has 1 N–H and O–H groups in total. The minimum absolute atomic E-state index is 0.264. The van der Waals surface area contributed by atoms with Crippen molar-refractivity contribution < 1.29 is 19.1 Å². The van der Waals surface area contributed by atoms with Gasteiger partial charge in [-0.25, -0.2) is 14.6 Å². The van der Waals surface area contributed by atoms with Crippen molar-refractivity contribution >= 4 is 23.4 Å². The van der Waals surface area contributed by atoms with Gasteiger partial charge < -0.3 is 14.8 Å². The second kappa shape index (κ2) is 4.70. The van der Waals surface area contributed by atoms with Gasteiger partial charge in [-0.15, -0.1) is 11.3 Å². The summed E-state index contributed by atoms with van der Waals surface area (Å²) in [6.45, 7) is 3.82. The zero-order valence-corrected chi connectivity index (χ0v) is 10.2. The number of alkyl carbamates (subject to hydrolysis) is 1. The van der Waals surface area contributed by atoms with Crippen LogP contribution in [0.4, 0.5) is 4.79 Å². The smallest absolute Gasteiger partial charge is 0.408 e. The molecule has 0 saturated carbocycles. The van der Waals surface area contributed by atoms with Crippen molar-refractivity contribution in [2.75, 3.05) is 6.61 Å². The van der Waals surface area contributed by atoms with Crippen LogP contribution in [0.3, 0.4) is 0 Å². The first-order valence-electron chi connectivity index (χ1n) is 5.21. The molecule has 1 amide bonds. The molecule has 0 bridgehead atoms. The van der Waals surface area contributed by atoms with Gasteiger partial charge in [-0.1, -0.05) is 0 Å². The number of carbonyl (C=O) groups is 2. The van der Waals surface area contributed by atoms with Crippen LogP contribution in [0.15, 0.2) is 5.38 Å². The molecule has 92 valence electrons. The van der Waals surface area contributed by atoms with Crippen LogP contribution in [0, 0.1) is 0 Å². The molecule has 7 heteroatoms. The number of aromatic nitrogens is 1. The maximum absolute atomic E-state index is 11.4. The molecule has 17 heavy (non-hydrogen) atoms. The van der Waals surface area contributed by atoms with Gasteiger partial charge in [0.15, 0.2) is 5.69 Å². The third-order valence-electron chi connectivity index (χ3n) is 2.31. The van der Waals surface area contributed by atoms with Crippen LogP contribution in [0.2, 0.25) is 0 Å². The predicted molar refractivity (Wildman–Crippen MR) is 59.9 cm³/mol. The summed E-state index contributed by atoms with van der Waals surface area (Å²) in [7, 11) is 0. The number of hydrogen-bond donors (Lipinski definition) is 1. The normalized spacial score (nSPS) is 23.1. The minimum Gasteiger partial charge on any atom is -0.461 e. The van der Waals surface area contributed by atoms with Crippen molar-refractivity contribution in [2.45, 2.75) is 26.0 Å². The Kier molecular flexibility index (Phi) is 3.28. The summed E-state index contributed by atoms with van der Waals surface area (Å²) < 4.78 is 9.78. The summed E-state index contributed by atoms with van der Waals surface area (Å²) in [6, 6.07) is -0.296. The topological polar surface area (TPSA) is 77.5 Å². The van der Waals surface area contributed by atoms with E-state index in [1.54, 1.807) is 19.2 Å². The molecule has 1 fully saturated rings. The molecule has 6 nitrogen and oxygen atoms in total. The number of cyclic esters (lactones) is 1. The molecule has 2 heterocycles. The van der Waals surface area contributed by atoms with E-state index in [0.717, 1.165) is 0 Å². The number of rotatable bonds is 3. The van der Waals surface area contributed by atoms with Crippen LogP contribution in [-0.4, -0.2) is 29.8 Å². The van der Waals surface area contributed by atoms with E-state index < -0.39 is 12.1 Å². The number of nitrogens with zero attached hydrogens (tertiary/aromatic N) is 1. The Morgan fingerprint density at radius 2 is 2.47 bits per heavy atom. The lowest BCUT2D eigenvalue weighted by Crippen LogP contribution is -2.21. The molecular formula is C10H12N2O4S. The Hall–Kier alpha value is -1.63. The summed E-state index contributed by atoms with van der Waals surface area (Å²) in [5.74, 6) is -0.451. The molecule has 0 spiro atoms. The fourth-order valence-electron chi connectivity index (χ4n) is 1.51. The number of ether oxygens (including phenoxy) is 2. The Morgan fingerprint density at radius 3 is 3.06 bits per heavy atom. The first-order chi connectivity index (χ1) is 8.11. The van der Waals surface area contributed by atoms with E-state index >= 15 is 0 Å². The highest BCUT2D eigenvalue weighted by atomic mass is 32.1. The zero-order chi connectivity index (χ0) is 12.4. The quantitative estimate of drug-likeness (QED) is 0.829. The predicted octanol–water partition coefficient (Wildman–Crippen LogP) is 1.49. The van der Waals surface area contributed by atoms with Gasteiger partial charge in [0.25, 0.3) is 0 Å². The van der Waals surface area contributed by atoms with Crippen molar-refractivity contribution in [1.29, 1.82) is 0 Å². The number of amides is 1. The summed E-state index contributed by atoms with van der Waals surface area (Å²) >= 11 is 1.30. The number of hydrogen-bond acceptors (Lipinski definition) is 6. The molecule has 2 atom stereocenters. The third kappa shape index (κ3) is 2.38. The van der Waals surface area contributed by atoms with Crippen LogP contribution in [-0.2, 0) is 9.47 Å². The average molecular weight is 256 g/mol. The number of thiazole rings is 1. The molecule has 1 aromatic heterocycles. The number of nitrogens with one attached hydrogen (secondary N) is 1. The Balaban J connectivity index is 2.13. The summed E-state index contributed by atoms with van der Waals surface area (Å²) in [5, 5.41) is 4.90. The number of esters is 1. The first-order valence-corrected chi connectivity index (χ1v) is 6.09. The molecule has 0 aliphatic carbocycles. The molecule has 1 aromatic rings. The van der Waals surface area contributed by atoms with Crippen LogP contribution in [0.25, 0.3) is 0 Å². The Bertz CT molecular complexity index is 445. The Morgan fingerprint density at radius 1 is 1.71 bits per heavy atom. The van der Waals surface area contributed by atoms with E-state index in [-0.39, 0.29) is 17.8 Å². The lowest BCUT2D eigenvalue weighted by molar-refractivity contribution is 0.0519. The van der Waals surface area contributed by atoms with Gasteiger partial charge >= 0.3 is 12.1 Å². The van der Waals surface area contributed by atoms with Gasteiger partial charge in [0, 0.05) is 5.38 Å². The van der Waals surface area contributed by atoms with E-state index in [1.165, 1.54) is 11.3 Å². The summed E-state index contributed by atoms with van der Waals surface area (Å²) in [6.07, 6.45) is -0.751. The maximum Gasteiger partial charge on any atom is 0.408 e. The fourth-order valence-corrected chi connectivity index (χ4v) is 2.44. The zero-order valence-electron chi connectivity index (χ0n) is 9.43. The summed E-state index contributed by atoms with van der Waals surface area (Å²) in [5.41, 5.74) is 0.264. The highest BCUT2D eigenvalue weighted by Crippen LogP contribution is 2.27. The van der Waals surface area contributed by atoms with Crippen molar-refractivity contribution in [2.24, 2.45) is 0 Å². The van der Waals surface area contributed by atoms with Crippen LogP contribution in [0.1, 0.15) is 35.4 Å². The number of carbonyl (C=O) groups excluding carboxylic acids is 2. The van der Waals surface area contributed by atoms with Gasteiger partial charge in [-0.2, -0.15) is 0 Å². The van der Waals surface area contributed by atoms with Crippen LogP contribution in [0.5, 0.6) is 0 Å². The van der Waals surface area contributed by atoms with E-state index in [0.29, 0.717) is 11.6 Å². The molecule has 0 unspecified atom stereocenters. The van der Waals surface area contributed by atoms with E-state index in [9.17, 15) is 9.59 Å². The molecule has 1 aliphatic rings. The lowest BCUT2D eigenvalue weighted by Gasteiger charge is -2.08. The second-order valence-electron chi connectivity index (χ2n) is 3.52. The largest absolute Gasteiger partial charge is 0.461 e. The SMILES string of the molecule is CCOC(=O)c1csc([C@H]2NC(=O)O[C@@H]2C)n1. The van der Waals surface area contributed by atoms with Crippen molar-refractivity contribution in [3.63, 3.8) is 0 Å². The van der Waals surface area contributed by atoms with Gasteiger partial charge in [-0.05, 0) is 13.8 Å². The minimum atomic E-state index is -0.463. The highest BCUT2D eigenvalue weighted by Gasteiger charge is 2.34. The lowest BCUT2D eigenvalue weighted by atomic mass is 10.2. The second-order valence-corrected chi connectivity index (χ2v) is 4.41. The maximum atomic E-state index is 11.4. The van der Waals surface area contributed by atoms with Gasteiger partial charge in [0.1, 0.15) is 17.2 Å². The summed E-state index contributed by atoms with van der Waals surface area (Å²) in [4.78, 5) is 26.6. The van der Waals surface area contributed by atoms with Gasteiger partial charge in [0.2, 0.25) is 0 Å². The average Bonchev–Trinajstić information content (AvgIpc) is 2.85. The highest BCUT2D eigenvalue weighted by molar-refractivity contribution is 7.09. The van der Waals surface area contributed by atoms with E-state index in [4.69, 9.17) is 9.47 Å². The molecular weight excluding hydrogens is 244 g/mol. The van der Waals surface area contributed by atoms with Gasteiger partial charge in [0.05, 0.1) is 6.61 Å². The molecule has 1 aliphatic heterocycles. The van der Waals surface area contributed by atoms with Gasteiger partial charge in [-0.3, -0.25) is 0 Å². The van der Waals surface area contributed by atoms with Crippen molar-refractivity contribution in [3.8, 4) is 0 Å². The van der Waals surface area contributed by atoms with Crippen LogP contribution >= 0.6 is 11.3 Å². The molecule has 0 aromatic carbocycles. The fraction of sp³-hybridized carbons (Fsp3) is 0.500. The molecule has 2 rings (SSSR count). The van der Waals surface area contributed by atoms with Crippen molar-refractivity contribution in [3.05, 3.63) is 16.1 Å². The van der Waals surface area contributed by atoms with E-state index in [2.05, 4.69) is 10.3 Å². The van der Waals surface area contributed by atoms with Crippen LogP contribution < -0.4 is 5.32 Å². The monoisotopic (exact) mass is 256 g/mol. The Labute approximate surface area is 102 Å². The standard InChI is InChI=1S/C10H12N2O4S/c1-3-15-9(13)6-4-17-8(11-6)7-5(2)16-10(14)12-7/h4-5,7H,3H2,1-2H3,(H,12,14)/t5-,7+/m1/s1. The third-order valence-corrected chi connectivity index (χ3v) is 3.24. The van der Waals surface area contributed by atoms with E-state index in [1.807, 2.05) is 0 Å². The van der Waals surface area contributed by atoms with Crippen molar-refractivity contribution in [1.82, 2.24) is 10.3 Å².